The molecule has 5 nitrogen and oxygen atoms in total. The molecule has 2 aromatic heterocycles. The van der Waals surface area contributed by atoms with E-state index in [1.54, 1.807) is 16.8 Å². The van der Waals surface area contributed by atoms with Crippen molar-refractivity contribution in [3.63, 3.8) is 0 Å². The number of rotatable bonds is 7. The zero-order chi connectivity index (χ0) is 50.5. The Hall–Kier alpha value is -6.42. The standard InChI is InChI=1S/C60H55N4O.Pt/c1-58(2,3)42-30-31-61-56(36-42)64-52-25-17-16-24-48(52)49-29-28-46(38-55(49)64)65-47-33-43(59(4,5)6)32-45(37-47)62-39-63(54-27-19-18-26-53(54)62)57-50(40-20-12-10-13-21-40)34-44(60(7,8)9)35-51(57)41-22-14-11-15-23-41;/h10-36,39H,1-9H3;/q-3;/i16D,17D,24D,25D,34D,35D;. The van der Waals surface area contributed by atoms with Gasteiger partial charge in [0.2, 0.25) is 0 Å². The smallest absolute Gasteiger partial charge is 0.135 e. The second-order valence-electron chi connectivity index (χ2n) is 19.8. The number of aromatic nitrogens is 2. The fraction of sp³-hybridized carbons (Fsp3) is 0.200. The van der Waals surface area contributed by atoms with Gasteiger partial charge in [-0.05, 0) is 86.3 Å². The van der Waals surface area contributed by atoms with Gasteiger partial charge in [-0.3, -0.25) is 0 Å². The van der Waals surface area contributed by atoms with Gasteiger partial charge in [0.1, 0.15) is 5.82 Å². The second-order valence-corrected chi connectivity index (χ2v) is 19.8. The zero-order valence-corrected chi connectivity index (χ0v) is 41.0. The van der Waals surface area contributed by atoms with E-state index in [9.17, 15) is 2.74 Å². The molecule has 0 bridgehead atoms. The molecule has 3 heterocycles. The van der Waals surface area contributed by atoms with Gasteiger partial charge in [-0.1, -0.05) is 159 Å². The third-order valence-electron chi connectivity index (χ3n) is 12.0. The molecule has 10 rings (SSSR count). The van der Waals surface area contributed by atoms with E-state index in [4.69, 9.17) is 15.2 Å². The van der Waals surface area contributed by atoms with E-state index in [1.807, 2.05) is 104 Å². The van der Waals surface area contributed by atoms with Crippen molar-refractivity contribution < 1.29 is 34.0 Å². The predicted molar refractivity (Wildman–Crippen MR) is 271 cm³/mol. The monoisotopic (exact) mass is 1050 g/mol. The molecule has 0 radical (unpaired) electrons. The van der Waals surface area contributed by atoms with Crippen molar-refractivity contribution in [3.8, 4) is 39.6 Å². The van der Waals surface area contributed by atoms with Crippen LogP contribution in [0.4, 0.5) is 22.7 Å². The summed E-state index contributed by atoms with van der Waals surface area (Å²) in [6, 6.07) is 46.6. The number of ether oxygens (including phenoxy) is 1. The third kappa shape index (κ3) is 8.35. The Morgan fingerprint density at radius 1 is 0.576 bits per heavy atom. The number of benzene rings is 7. The summed E-state index contributed by atoms with van der Waals surface area (Å²) in [6.07, 6.45) is 1.73. The van der Waals surface area contributed by atoms with Gasteiger partial charge < -0.3 is 19.1 Å². The molecule has 0 N–H and O–H groups in total. The Kier molecular flexibility index (Phi) is 9.78. The topological polar surface area (TPSA) is 33.5 Å². The average Bonchev–Trinajstić information content (AvgIpc) is 3.88. The average molecular weight is 1050 g/mol. The van der Waals surface area contributed by atoms with Crippen LogP contribution in [0.2, 0.25) is 0 Å². The Morgan fingerprint density at radius 2 is 1.17 bits per heavy atom. The molecule has 0 saturated heterocycles. The molecule has 0 saturated carbocycles. The minimum Gasteiger partial charge on any atom is -0.509 e. The molecule has 0 aliphatic carbocycles. The van der Waals surface area contributed by atoms with Crippen molar-refractivity contribution in [1.82, 2.24) is 9.55 Å². The first kappa shape index (κ1) is 37.8. The first-order valence-electron chi connectivity index (χ1n) is 25.1. The molecule has 0 unspecified atom stereocenters. The molecule has 9 aromatic rings. The van der Waals surface area contributed by atoms with Gasteiger partial charge in [0.15, 0.2) is 0 Å². The summed E-state index contributed by atoms with van der Waals surface area (Å²) < 4.78 is 63.9. The summed E-state index contributed by atoms with van der Waals surface area (Å²) in [5, 5.41) is 0.966. The van der Waals surface area contributed by atoms with Gasteiger partial charge >= 0.3 is 0 Å². The molecular formula is C60H55N4OPt-3. The summed E-state index contributed by atoms with van der Waals surface area (Å²) >= 11 is 0. The maximum atomic E-state index is 9.95. The molecule has 0 atom stereocenters. The number of para-hydroxylation sites is 3. The fourth-order valence-corrected chi connectivity index (χ4v) is 8.43. The maximum Gasteiger partial charge on any atom is 0.135 e. The first-order valence-corrected chi connectivity index (χ1v) is 22.1. The van der Waals surface area contributed by atoms with Crippen LogP contribution in [0.3, 0.4) is 0 Å². The Bertz CT molecular complexity index is 3510. The van der Waals surface area contributed by atoms with Crippen LogP contribution < -0.4 is 14.5 Å². The van der Waals surface area contributed by atoms with Gasteiger partial charge in [0.25, 0.3) is 0 Å². The largest absolute Gasteiger partial charge is 0.509 e. The molecule has 66 heavy (non-hydrogen) atoms. The van der Waals surface area contributed by atoms with Crippen LogP contribution in [0.15, 0.2) is 164 Å². The molecule has 1 aliphatic heterocycles. The van der Waals surface area contributed by atoms with Gasteiger partial charge in [-0.2, -0.15) is 6.07 Å². The van der Waals surface area contributed by atoms with Crippen LogP contribution in [0.1, 0.15) is 87.2 Å². The number of anilines is 4. The van der Waals surface area contributed by atoms with Crippen molar-refractivity contribution in [2.24, 2.45) is 0 Å². The van der Waals surface area contributed by atoms with Crippen LogP contribution in [0.25, 0.3) is 49.9 Å². The third-order valence-corrected chi connectivity index (χ3v) is 12.0. The van der Waals surface area contributed by atoms with Crippen LogP contribution in [0.5, 0.6) is 11.5 Å². The molecule has 0 spiro atoms. The summed E-state index contributed by atoms with van der Waals surface area (Å²) in [7, 11) is 0. The van der Waals surface area contributed by atoms with E-state index in [0.717, 1.165) is 50.4 Å². The number of nitrogens with zero attached hydrogens (tertiary/aromatic N) is 4. The van der Waals surface area contributed by atoms with Crippen LogP contribution >= 0.6 is 0 Å². The van der Waals surface area contributed by atoms with Crippen LogP contribution in [-0.2, 0) is 37.3 Å². The zero-order valence-electron chi connectivity index (χ0n) is 44.7. The number of hydrogen-bond donors (Lipinski definition) is 0. The molecule has 0 fully saturated rings. The Morgan fingerprint density at radius 3 is 1.79 bits per heavy atom. The van der Waals surface area contributed by atoms with E-state index in [1.165, 1.54) is 0 Å². The Balaban J connectivity index is 0.00000640. The molecule has 6 heteroatoms. The summed E-state index contributed by atoms with van der Waals surface area (Å²) in [6.45, 7) is 21.0. The van der Waals surface area contributed by atoms with Gasteiger partial charge in [0, 0.05) is 72.5 Å². The van der Waals surface area contributed by atoms with E-state index >= 15 is 0 Å². The fourth-order valence-electron chi connectivity index (χ4n) is 8.43. The summed E-state index contributed by atoms with van der Waals surface area (Å²) in [4.78, 5) is 8.96. The van der Waals surface area contributed by atoms with Crippen molar-refractivity contribution in [2.75, 3.05) is 9.80 Å². The van der Waals surface area contributed by atoms with E-state index in [-0.39, 0.29) is 56.1 Å². The Labute approximate surface area is 413 Å². The van der Waals surface area contributed by atoms with Gasteiger partial charge in [-0.15, -0.1) is 53.6 Å². The van der Waals surface area contributed by atoms with E-state index < -0.39 is 5.41 Å². The quantitative estimate of drug-likeness (QED) is 0.149. The normalized spacial score (nSPS) is 14.3. The molecule has 7 aromatic carbocycles. The van der Waals surface area contributed by atoms with Crippen molar-refractivity contribution in [3.05, 3.63) is 199 Å². The van der Waals surface area contributed by atoms with Gasteiger partial charge in [-0.25, -0.2) is 4.98 Å². The maximum absolute atomic E-state index is 9.95. The van der Waals surface area contributed by atoms with Gasteiger partial charge in [0.05, 0.1) is 8.22 Å². The first-order chi connectivity index (χ1) is 33.6. The predicted octanol–water partition coefficient (Wildman–Crippen LogP) is 16.2. The number of hydrogen-bond acceptors (Lipinski definition) is 4. The van der Waals surface area contributed by atoms with Crippen molar-refractivity contribution >= 4 is 44.6 Å². The molecule has 1 aliphatic rings. The van der Waals surface area contributed by atoms with E-state index in [0.29, 0.717) is 62.5 Å². The molecule has 0 amide bonds. The minimum absolute atomic E-state index is 0. The number of fused-ring (bicyclic) bond motifs is 4. The van der Waals surface area contributed by atoms with Crippen LogP contribution in [-0.4, -0.2) is 9.55 Å². The van der Waals surface area contributed by atoms with Crippen LogP contribution in [0, 0.1) is 18.8 Å². The van der Waals surface area contributed by atoms with Crippen molar-refractivity contribution in [1.29, 1.82) is 0 Å². The minimum atomic E-state index is -0.504. The summed E-state index contributed by atoms with van der Waals surface area (Å²) in [5.41, 5.74) is 8.80. The molecular weight excluding hydrogens is 988 g/mol. The number of pyridine rings is 1. The van der Waals surface area contributed by atoms with Crippen molar-refractivity contribution in [2.45, 2.75) is 78.6 Å². The molecule has 334 valence electrons. The SMILES string of the molecule is [2H]c1c(-c2ccccc2)c(N2[CH-]N(c3[c-]c(Oc4[c-]c5c(cc4)c4c([2H])c([2H])c([2H])c([2H])c4n5-c4cc(C(C)(C)C)ccn4)cc(C(C)(C)C)c3)c3ccccc32)c(-c2ccccc2)c([2H])c1C(C)(C)C.[Pt]. The van der Waals surface area contributed by atoms with E-state index in [2.05, 4.69) is 102 Å². The summed E-state index contributed by atoms with van der Waals surface area (Å²) in [5.74, 6) is 1.29. The second kappa shape index (κ2) is 17.1.